The van der Waals surface area contributed by atoms with E-state index in [1.807, 2.05) is 0 Å². The van der Waals surface area contributed by atoms with Crippen molar-refractivity contribution in [2.24, 2.45) is 0 Å². The topological polar surface area (TPSA) is 138 Å². The normalized spacial score (nSPS) is 11.2. The van der Waals surface area contributed by atoms with Crippen LogP contribution in [0.25, 0.3) is 0 Å². The standard InChI is InChI=1S/C8H12N4O5S2/c1-5(13)10-7-11-12-8(18-7)19(16,17)9-4-2-3-6(14)15/h9H,2-4H2,1H3,(H,14,15)(H,10,11,13). The fourth-order valence-electron chi connectivity index (χ4n) is 1.03. The second-order valence-corrected chi connectivity index (χ2v) is 6.37. The lowest BCUT2D eigenvalue weighted by molar-refractivity contribution is -0.137. The van der Waals surface area contributed by atoms with Crippen molar-refractivity contribution in [2.45, 2.75) is 24.1 Å². The number of amides is 1. The molecule has 0 aliphatic carbocycles. The number of carboxylic acids is 1. The van der Waals surface area contributed by atoms with Crippen LogP contribution < -0.4 is 10.0 Å². The highest BCUT2D eigenvalue weighted by molar-refractivity contribution is 7.91. The molecule has 0 radical (unpaired) electrons. The van der Waals surface area contributed by atoms with E-state index < -0.39 is 16.0 Å². The number of hydrogen-bond acceptors (Lipinski definition) is 7. The number of nitrogens with zero attached hydrogens (tertiary/aromatic N) is 2. The van der Waals surface area contributed by atoms with Gasteiger partial charge in [-0.2, -0.15) is 0 Å². The molecule has 1 rings (SSSR count). The molecule has 0 bridgehead atoms. The van der Waals surface area contributed by atoms with Crippen molar-refractivity contribution in [2.75, 3.05) is 11.9 Å². The van der Waals surface area contributed by atoms with Crippen molar-refractivity contribution in [3.63, 3.8) is 0 Å². The van der Waals surface area contributed by atoms with Crippen LogP contribution in [0, 0.1) is 0 Å². The number of carbonyl (C=O) groups excluding carboxylic acids is 1. The predicted molar refractivity (Wildman–Crippen MR) is 66.3 cm³/mol. The summed E-state index contributed by atoms with van der Waals surface area (Å²) in [6.07, 6.45) is 0.0434. The molecule has 106 valence electrons. The molecule has 0 spiro atoms. The molecule has 0 aliphatic rings. The number of carboxylic acid groups (broad SMARTS) is 1. The smallest absolute Gasteiger partial charge is 0.303 e. The third-order valence-electron chi connectivity index (χ3n) is 1.78. The van der Waals surface area contributed by atoms with Gasteiger partial charge in [-0.1, -0.05) is 11.3 Å². The molecule has 0 fully saturated rings. The third-order valence-corrected chi connectivity index (χ3v) is 4.45. The molecule has 11 heteroatoms. The van der Waals surface area contributed by atoms with E-state index in [4.69, 9.17) is 5.11 Å². The van der Waals surface area contributed by atoms with Crippen molar-refractivity contribution in [3.8, 4) is 0 Å². The van der Waals surface area contributed by atoms with Gasteiger partial charge in [-0.3, -0.25) is 9.59 Å². The molecule has 19 heavy (non-hydrogen) atoms. The summed E-state index contributed by atoms with van der Waals surface area (Å²) in [7, 11) is -3.82. The average molecular weight is 308 g/mol. The van der Waals surface area contributed by atoms with E-state index in [0.29, 0.717) is 11.3 Å². The largest absolute Gasteiger partial charge is 0.481 e. The highest BCUT2D eigenvalue weighted by Crippen LogP contribution is 2.19. The Morgan fingerprint density at radius 3 is 2.63 bits per heavy atom. The SMILES string of the molecule is CC(=O)Nc1nnc(S(=O)(=O)NCCCC(=O)O)s1. The van der Waals surface area contributed by atoms with Crippen LogP contribution in [0.5, 0.6) is 0 Å². The van der Waals surface area contributed by atoms with Crippen molar-refractivity contribution in [1.29, 1.82) is 0 Å². The van der Waals surface area contributed by atoms with Gasteiger partial charge in [-0.15, -0.1) is 10.2 Å². The quantitative estimate of drug-likeness (QED) is 0.461. The Kier molecular flexibility index (Phi) is 5.32. The summed E-state index contributed by atoms with van der Waals surface area (Å²) in [4.78, 5) is 21.0. The minimum absolute atomic E-state index is 0.0102. The van der Waals surface area contributed by atoms with Gasteiger partial charge in [-0.25, -0.2) is 13.1 Å². The first-order valence-electron chi connectivity index (χ1n) is 5.14. The lowest BCUT2D eigenvalue weighted by Crippen LogP contribution is -2.25. The minimum atomic E-state index is -3.82. The second-order valence-electron chi connectivity index (χ2n) is 3.45. The van der Waals surface area contributed by atoms with Crippen molar-refractivity contribution in [3.05, 3.63) is 0 Å². The highest BCUT2D eigenvalue weighted by atomic mass is 32.2. The van der Waals surface area contributed by atoms with E-state index in [1.165, 1.54) is 6.92 Å². The van der Waals surface area contributed by atoms with Gasteiger partial charge in [0.2, 0.25) is 15.4 Å². The molecule has 1 aromatic heterocycles. The van der Waals surface area contributed by atoms with E-state index in [0.717, 1.165) is 0 Å². The minimum Gasteiger partial charge on any atom is -0.481 e. The highest BCUT2D eigenvalue weighted by Gasteiger charge is 2.20. The van der Waals surface area contributed by atoms with E-state index in [-0.39, 0.29) is 34.8 Å². The van der Waals surface area contributed by atoms with Gasteiger partial charge in [0.15, 0.2) is 0 Å². The van der Waals surface area contributed by atoms with Gasteiger partial charge in [-0.05, 0) is 6.42 Å². The molecule has 1 heterocycles. The molecule has 9 nitrogen and oxygen atoms in total. The lowest BCUT2D eigenvalue weighted by Gasteiger charge is -2.01. The van der Waals surface area contributed by atoms with Gasteiger partial charge < -0.3 is 10.4 Å². The Bertz CT molecular complexity index is 567. The predicted octanol–water partition coefficient (Wildman–Crippen LogP) is -0.360. The third kappa shape index (κ3) is 5.28. The zero-order valence-electron chi connectivity index (χ0n) is 9.91. The number of anilines is 1. The number of carbonyl (C=O) groups is 2. The van der Waals surface area contributed by atoms with E-state index in [9.17, 15) is 18.0 Å². The maximum absolute atomic E-state index is 11.7. The first-order valence-corrected chi connectivity index (χ1v) is 7.44. The van der Waals surface area contributed by atoms with Crippen LogP contribution in [-0.4, -0.2) is 42.1 Å². The van der Waals surface area contributed by atoms with E-state index in [1.54, 1.807) is 0 Å². The van der Waals surface area contributed by atoms with Crippen LogP contribution in [0.15, 0.2) is 4.34 Å². The van der Waals surface area contributed by atoms with Crippen LogP contribution in [0.4, 0.5) is 5.13 Å². The molecule has 1 amide bonds. The molecular formula is C8H12N4O5S2. The van der Waals surface area contributed by atoms with Gasteiger partial charge in [0.25, 0.3) is 10.0 Å². The summed E-state index contributed by atoms with van der Waals surface area (Å²) >= 11 is 0.712. The molecule has 0 atom stereocenters. The van der Waals surface area contributed by atoms with Gasteiger partial charge >= 0.3 is 5.97 Å². The molecular weight excluding hydrogens is 296 g/mol. The van der Waals surface area contributed by atoms with Crippen LogP contribution in [-0.2, 0) is 19.6 Å². The first-order chi connectivity index (χ1) is 8.81. The molecule has 0 aromatic carbocycles. The van der Waals surface area contributed by atoms with E-state index in [2.05, 4.69) is 20.2 Å². The maximum Gasteiger partial charge on any atom is 0.303 e. The lowest BCUT2D eigenvalue weighted by atomic mass is 10.3. The summed E-state index contributed by atoms with van der Waals surface area (Å²) in [6.45, 7) is 1.25. The van der Waals surface area contributed by atoms with Crippen LogP contribution >= 0.6 is 11.3 Å². The Labute approximate surface area is 113 Å². The maximum atomic E-state index is 11.7. The number of rotatable bonds is 7. The Morgan fingerprint density at radius 2 is 2.05 bits per heavy atom. The average Bonchev–Trinajstić information content (AvgIpc) is 2.72. The summed E-state index contributed by atoms with van der Waals surface area (Å²) in [5.41, 5.74) is 0. The first kappa shape index (κ1) is 15.5. The number of nitrogens with one attached hydrogen (secondary N) is 2. The molecule has 1 aromatic rings. The Balaban J connectivity index is 2.59. The number of aliphatic carboxylic acids is 1. The molecule has 0 saturated heterocycles. The van der Waals surface area contributed by atoms with E-state index >= 15 is 0 Å². The summed E-state index contributed by atoms with van der Waals surface area (Å²) in [6, 6.07) is 0. The Morgan fingerprint density at radius 1 is 1.37 bits per heavy atom. The fraction of sp³-hybridized carbons (Fsp3) is 0.500. The zero-order chi connectivity index (χ0) is 14.5. The monoisotopic (exact) mass is 308 g/mol. The van der Waals surface area contributed by atoms with Crippen molar-refractivity contribution >= 4 is 38.4 Å². The number of sulfonamides is 1. The van der Waals surface area contributed by atoms with Crippen molar-refractivity contribution < 1.29 is 23.1 Å². The number of aromatic nitrogens is 2. The van der Waals surface area contributed by atoms with Gasteiger partial charge in [0.1, 0.15) is 0 Å². The second kappa shape index (κ2) is 6.54. The van der Waals surface area contributed by atoms with Gasteiger partial charge in [0, 0.05) is 19.9 Å². The van der Waals surface area contributed by atoms with Gasteiger partial charge in [0.05, 0.1) is 0 Å². The summed E-state index contributed by atoms with van der Waals surface area (Å²) in [5.74, 6) is -1.38. The van der Waals surface area contributed by atoms with Crippen LogP contribution in [0.3, 0.4) is 0 Å². The fourth-order valence-corrected chi connectivity index (χ4v) is 3.09. The molecule has 3 N–H and O–H groups in total. The summed E-state index contributed by atoms with van der Waals surface area (Å²) < 4.78 is 25.3. The Hall–Kier alpha value is -1.59. The summed E-state index contributed by atoms with van der Waals surface area (Å²) in [5, 5.41) is 17.8. The van der Waals surface area contributed by atoms with Crippen LogP contribution in [0.1, 0.15) is 19.8 Å². The molecule has 0 unspecified atom stereocenters. The van der Waals surface area contributed by atoms with Crippen LogP contribution in [0.2, 0.25) is 0 Å². The van der Waals surface area contributed by atoms with Crippen molar-refractivity contribution in [1.82, 2.24) is 14.9 Å². The zero-order valence-corrected chi connectivity index (χ0v) is 11.5. The number of hydrogen-bond donors (Lipinski definition) is 3. The molecule has 0 saturated carbocycles. The molecule has 0 aliphatic heterocycles.